The summed E-state index contributed by atoms with van der Waals surface area (Å²) < 4.78 is 13.1. The van der Waals surface area contributed by atoms with E-state index in [1.165, 1.54) is 21.9 Å². The molecular weight excluding hydrogens is 368 g/mol. The SMILES string of the molecule is Cc1ccc2c(c1)oc1c3cccc4c5ccc(C)cc5oc(c5cccc2c51)c43. The summed E-state index contributed by atoms with van der Waals surface area (Å²) in [5, 5.41) is 9.12. The second-order valence-electron chi connectivity index (χ2n) is 8.32. The lowest BCUT2D eigenvalue weighted by atomic mass is 9.93. The Balaban J connectivity index is 1.87. The molecular formula is C28H18O2. The average molecular weight is 386 g/mol. The van der Waals surface area contributed by atoms with E-state index in [0.29, 0.717) is 0 Å². The fourth-order valence-corrected chi connectivity index (χ4v) is 5.00. The average Bonchev–Trinajstić information content (AvgIpc) is 2.76. The van der Waals surface area contributed by atoms with Crippen molar-refractivity contribution in [2.24, 2.45) is 0 Å². The summed E-state index contributed by atoms with van der Waals surface area (Å²) in [7, 11) is 0. The van der Waals surface area contributed by atoms with Gasteiger partial charge in [0.05, 0.1) is 0 Å². The van der Waals surface area contributed by atoms with Crippen molar-refractivity contribution in [1.82, 2.24) is 0 Å². The highest BCUT2D eigenvalue weighted by Crippen LogP contribution is 2.44. The van der Waals surface area contributed by atoms with Gasteiger partial charge in [-0.3, -0.25) is 0 Å². The summed E-state index contributed by atoms with van der Waals surface area (Å²) in [6.45, 7) is 4.20. The first-order chi connectivity index (χ1) is 14.7. The zero-order valence-corrected chi connectivity index (χ0v) is 16.7. The molecule has 0 saturated heterocycles. The molecule has 0 N–H and O–H groups in total. The Morgan fingerprint density at radius 1 is 0.467 bits per heavy atom. The van der Waals surface area contributed by atoms with Gasteiger partial charge < -0.3 is 8.83 Å². The molecule has 7 rings (SSSR count). The van der Waals surface area contributed by atoms with Crippen LogP contribution in [0.2, 0.25) is 0 Å². The second kappa shape index (κ2) is 5.43. The molecule has 30 heavy (non-hydrogen) atoms. The molecule has 0 saturated carbocycles. The van der Waals surface area contributed by atoms with Crippen LogP contribution >= 0.6 is 0 Å². The van der Waals surface area contributed by atoms with Crippen LogP contribution in [0.15, 0.2) is 81.6 Å². The van der Waals surface area contributed by atoms with E-state index >= 15 is 0 Å². The van der Waals surface area contributed by atoms with Crippen molar-refractivity contribution in [1.29, 1.82) is 0 Å². The molecule has 0 amide bonds. The fourth-order valence-electron chi connectivity index (χ4n) is 5.00. The maximum absolute atomic E-state index is 6.57. The van der Waals surface area contributed by atoms with Crippen LogP contribution in [-0.4, -0.2) is 0 Å². The van der Waals surface area contributed by atoms with Gasteiger partial charge in [-0.25, -0.2) is 0 Å². The Morgan fingerprint density at radius 3 is 1.37 bits per heavy atom. The lowest BCUT2D eigenvalue weighted by molar-refractivity contribution is 0.659. The first-order valence-corrected chi connectivity index (χ1v) is 10.3. The minimum absolute atomic E-state index is 0.920. The van der Waals surface area contributed by atoms with Crippen molar-refractivity contribution >= 4 is 65.4 Å². The molecule has 0 spiro atoms. The minimum Gasteiger partial charge on any atom is -0.455 e. The first kappa shape index (κ1) is 16.1. The quantitative estimate of drug-likeness (QED) is 0.193. The van der Waals surface area contributed by atoms with Crippen LogP contribution < -0.4 is 0 Å². The van der Waals surface area contributed by atoms with Gasteiger partial charge in [-0.15, -0.1) is 0 Å². The zero-order valence-electron chi connectivity index (χ0n) is 16.7. The van der Waals surface area contributed by atoms with Crippen molar-refractivity contribution in [2.45, 2.75) is 13.8 Å². The molecule has 2 heteroatoms. The number of benzene rings is 5. The second-order valence-corrected chi connectivity index (χ2v) is 8.32. The maximum atomic E-state index is 6.57. The highest BCUT2D eigenvalue weighted by molar-refractivity contribution is 6.34. The Bertz CT molecular complexity index is 1680. The van der Waals surface area contributed by atoms with Crippen LogP contribution in [0, 0.1) is 13.8 Å². The highest BCUT2D eigenvalue weighted by atomic mass is 16.3. The molecule has 0 fully saturated rings. The van der Waals surface area contributed by atoms with E-state index in [1.807, 2.05) is 0 Å². The van der Waals surface area contributed by atoms with Gasteiger partial charge in [-0.2, -0.15) is 0 Å². The van der Waals surface area contributed by atoms with E-state index in [1.54, 1.807) is 0 Å². The van der Waals surface area contributed by atoms with Gasteiger partial charge >= 0.3 is 0 Å². The molecule has 0 aliphatic heterocycles. The summed E-state index contributed by atoms with van der Waals surface area (Å²) in [5.41, 5.74) is 6.09. The standard InChI is InChI=1S/C28H18O2/c1-15-9-11-17-19-5-3-8-22-25(19)27(29-23(17)13-15)21-7-4-6-20-18-12-10-16(2)14-24(18)30-28(22)26(20)21/h3-14H,1-2H3. The Morgan fingerprint density at radius 2 is 0.900 bits per heavy atom. The zero-order chi connectivity index (χ0) is 20.0. The van der Waals surface area contributed by atoms with Crippen LogP contribution in [0.3, 0.4) is 0 Å². The number of rotatable bonds is 0. The third-order valence-electron chi connectivity index (χ3n) is 6.35. The summed E-state index contributed by atoms with van der Waals surface area (Å²) in [6, 6.07) is 25.8. The Labute approximate surface area is 172 Å². The topological polar surface area (TPSA) is 26.3 Å². The predicted molar refractivity (Wildman–Crippen MR) is 125 cm³/mol. The molecule has 0 atom stereocenters. The lowest BCUT2D eigenvalue weighted by Crippen LogP contribution is -1.90. The molecule has 0 bridgehead atoms. The van der Waals surface area contributed by atoms with E-state index < -0.39 is 0 Å². The minimum atomic E-state index is 0.920. The summed E-state index contributed by atoms with van der Waals surface area (Å²) in [5.74, 6) is 0. The molecule has 5 aromatic carbocycles. The lowest BCUT2D eigenvalue weighted by Gasteiger charge is -2.15. The number of aryl methyl sites for hydroxylation is 2. The predicted octanol–water partition coefficient (Wildman–Crippen LogP) is 8.41. The maximum Gasteiger partial charge on any atom is 0.144 e. The largest absolute Gasteiger partial charge is 0.455 e. The smallest absolute Gasteiger partial charge is 0.144 e. The molecule has 0 radical (unpaired) electrons. The van der Waals surface area contributed by atoms with Gasteiger partial charge in [0.15, 0.2) is 0 Å². The summed E-state index contributed by atoms with van der Waals surface area (Å²) in [4.78, 5) is 0. The highest BCUT2D eigenvalue weighted by Gasteiger charge is 2.19. The molecule has 2 nitrogen and oxygen atoms in total. The van der Waals surface area contributed by atoms with E-state index in [2.05, 4.69) is 86.6 Å². The molecule has 0 aliphatic rings. The molecule has 0 aliphatic carbocycles. The fraction of sp³-hybridized carbons (Fsp3) is 0.0714. The molecule has 2 aromatic heterocycles. The molecule has 7 aromatic rings. The van der Waals surface area contributed by atoms with Crippen molar-refractivity contribution in [3.05, 3.63) is 83.9 Å². The van der Waals surface area contributed by atoms with Crippen LogP contribution in [0.4, 0.5) is 0 Å². The van der Waals surface area contributed by atoms with Gasteiger partial charge in [-0.05, 0) is 47.9 Å². The van der Waals surface area contributed by atoms with E-state index in [0.717, 1.165) is 54.6 Å². The number of fused-ring (bicyclic) bond motifs is 6. The van der Waals surface area contributed by atoms with Crippen LogP contribution in [0.1, 0.15) is 11.1 Å². The van der Waals surface area contributed by atoms with Crippen molar-refractivity contribution in [3.63, 3.8) is 0 Å². The van der Waals surface area contributed by atoms with Crippen molar-refractivity contribution < 1.29 is 8.83 Å². The van der Waals surface area contributed by atoms with Gasteiger partial charge in [0.2, 0.25) is 0 Å². The monoisotopic (exact) mass is 386 g/mol. The Kier molecular flexibility index (Phi) is 2.91. The summed E-state index contributed by atoms with van der Waals surface area (Å²) in [6.07, 6.45) is 0. The molecule has 0 unspecified atom stereocenters. The van der Waals surface area contributed by atoms with Crippen LogP contribution in [-0.2, 0) is 0 Å². The third kappa shape index (κ3) is 1.93. The number of hydrogen-bond acceptors (Lipinski definition) is 2. The normalized spacial score (nSPS) is 12.3. The van der Waals surface area contributed by atoms with Crippen molar-refractivity contribution in [3.8, 4) is 0 Å². The van der Waals surface area contributed by atoms with Crippen LogP contribution in [0.25, 0.3) is 65.4 Å². The van der Waals surface area contributed by atoms with Gasteiger partial charge in [0, 0.05) is 32.3 Å². The van der Waals surface area contributed by atoms with Crippen molar-refractivity contribution in [2.75, 3.05) is 0 Å². The first-order valence-electron chi connectivity index (χ1n) is 10.3. The third-order valence-corrected chi connectivity index (χ3v) is 6.35. The van der Waals surface area contributed by atoms with E-state index in [-0.39, 0.29) is 0 Å². The van der Waals surface area contributed by atoms with Gasteiger partial charge in [-0.1, -0.05) is 60.7 Å². The summed E-state index contributed by atoms with van der Waals surface area (Å²) >= 11 is 0. The van der Waals surface area contributed by atoms with Gasteiger partial charge in [0.25, 0.3) is 0 Å². The van der Waals surface area contributed by atoms with Gasteiger partial charge in [0.1, 0.15) is 22.3 Å². The van der Waals surface area contributed by atoms with Crippen LogP contribution in [0.5, 0.6) is 0 Å². The van der Waals surface area contributed by atoms with E-state index in [4.69, 9.17) is 8.83 Å². The molecule has 142 valence electrons. The van der Waals surface area contributed by atoms with E-state index in [9.17, 15) is 0 Å². The Hall–Kier alpha value is -3.78. The number of hydrogen-bond donors (Lipinski definition) is 0. The molecule has 2 heterocycles.